The lowest BCUT2D eigenvalue weighted by molar-refractivity contribution is 0.0928. The Morgan fingerprint density at radius 1 is 1.29 bits per heavy atom. The van der Waals surface area contributed by atoms with Crippen LogP contribution in [-0.4, -0.2) is 41.6 Å². The van der Waals surface area contributed by atoms with Gasteiger partial charge in [-0.15, -0.1) is 0 Å². The third-order valence-electron chi connectivity index (χ3n) is 4.03. The first-order valence-electron chi connectivity index (χ1n) is 8.32. The highest BCUT2D eigenvalue weighted by Gasteiger charge is 2.24. The fourth-order valence-electron chi connectivity index (χ4n) is 2.92. The van der Waals surface area contributed by atoms with E-state index in [-0.39, 0.29) is 11.9 Å². The fraction of sp³-hybridized carbons (Fsp3) is 0.389. The molecular weight excluding hydrogens is 304 g/mol. The summed E-state index contributed by atoms with van der Waals surface area (Å²) in [5, 5.41) is 3.11. The summed E-state index contributed by atoms with van der Waals surface area (Å²) in [6, 6.07) is 9.46. The second-order valence-corrected chi connectivity index (χ2v) is 5.74. The Morgan fingerprint density at radius 2 is 2.17 bits per heavy atom. The van der Waals surface area contributed by atoms with Crippen LogP contribution in [0, 0.1) is 0 Å². The number of amides is 1. The summed E-state index contributed by atoms with van der Waals surface area (Å²) < 4.78 is 5.45. The quantitative estimate of drug-likeness (QED) is 0.913. The van der Waals surface area contributed by atoms with Crippen LogP contribution in [0.4, 0.5) is 5.82 Å². The van der Waals surface area contributed by atoms with Gasteiger partial charge in [0.05, 0.1) is 6.61 Å². The van der Waals surface area contributed by atoms with E-state index in [1.54, 1.807) is 24.5 Å². The van der Waals surface area contributed by atoms with Crippen LogP contribution in [0.1, 0.15) is 30.1 Å². The van der Waals surface area contributed by atoms with Crippen LogP contribution in [0.2, 0.25) is 0 Å². The van der Waals surface area contributed by atoms with Gasteiger partial charge in [0.2, 0.25) is 5.88 Å². The SMILES string of the molecule is CCOc1ncccc1C(=O)NC1CCCN(c2ccccn2)C1. The van der Waals surface area contributed by atoms with Crippen molar-refractivity contribution in [2.24, 2.45) is 0 Å². The molecule has 3 heterocycles. The summed E-state index contributed by atoms with van der Waals surface area (Å²) >= 11 is 0. The zero-order valence-corrected chi connectivity index (χ0v) is 13.8. The molecule has 126 valence electrons. The second kappa shape index (κ2) is 7.77. The summed E-state index contributed by atoms with van der Waals surface area (Å²) in [7, 11) is 0. The highest BCUT2D eigenvalue weighted by Crippen LogP contribution is 2.19. The Balaban J connectivity index is 1.66. The molecule has 24 heavy (non-hydrogen) atoms. The van der Waals surface area contributed by atoms with Crippen molar-refractivity contribution >= 4 is 11.7 Å². The molecule has 2 aromatic rings. The molecule has 0 spiro atoms. The summed E-state index contributed by atoms with van der Waals surface area (Å²) in [5.74, 6) is 1.20. The molecule has 1 fully saturated rings. The van der Waals surface area contributed by atoms with E-state index < -0.39 is 0 Å². The van der Waals surface area contributed by atoms with Crippen LogP contribution >= 0.6 is 0 Å². The molecule has 0 aromatic carbocycles. The third kappa shape index (κ3) is 3.82. The van der Waals surface area contributed by atoms with Gasteiger partial charge in [0.1, 0.15) is 11.4 Å². The molecule has 1 N–H and O–H groups in total. The molecule has 0 aliphatic carbocycles. The van der Waals surface area contributed by atoms with E-state index in [0.717, 1.165) is 31.7 Å². The minimum atomic E-state index is -0.139. The number of rotatable bonds is 5. The van der Waals surface area contributed by atoms with Gasteiger partial charge in [-0.2, -0.15) is 0 Å². The maximum absolute atomic E-state index is 12.6. The number of anilines is 1. The molecule has 1 aliphatic rings. The zero-order chi connectivity index (χ0) is 16.8. The molecule has 0 radical (unpaired) electrons. The Bertz CT molecular complexity index is 678. The lowest BCUT2D eigenvalue weighted by atomic mass is 10.1. The number of nitrogens with one attached hydrogen (secondary N) is 1. The van der Waals surface area contributed by atoms with Gasteiger partial charge in [-0.1, -0.05) is 6.07 Å². The molecule has 1 unspecified atom stereocenters. The number of nitrogens with zero attached hydrogens (tertiary/aromatic N) is 3. The van der Waals surface area contributed by atoms with Gasteiger partial charge in [0.15, 0.2) is 0 Å². The molecule has 1 atom stereocenters. The van der Waals surface area contributed by atoms with Gasteiger partial charge in [0.25, 0.3) is 5.91 Å². The first-order chi connectivity index (χ1) is 11.8. The van der Waals surface area contributed by atoms with E-state index in [9.17, 15) is 4.79 Å². The average molecular weight is 326 g/mol. The van der Waals surface area contributed by atoms with Crippen molar-refractivity contribution in [1.82, 2.24) is 15.3 Å². The molecule has 3 rings (SSSR count). The van der Waals surface area contributed by atoms with Crippen molar-refractivity contribution in [3.05, 3.63) is 48.3 Å². The van der Waals surface area contributed by atoms with Crippen molar-refractivity contribution in [2.75, 3.05) is 24.6 Å². The molecular formula is C18H22N4O2. The molecule has 0 saturated carbocycles. The van der Waals surface area contributed by atoms with Crippen molar-refractivity contribution in [3.8, 4) is 5.88 Å². The molecule has 2 aromatic heterocycles. The predicted molar refractivity (Wildman–Crippen MR) is 92.3 cm³/mol. The van der Waals surface area contributed by atoms with E-state index >= 15 is 0 Å². The molecule has 6 nitrogen and oxygen atoms in total. The number of ether oxygens (including phenoxy) is 1. The summed E-state index contributed by atoms with van der Waals surface area (Å²) in [4.78, 5) is 23.3. The number of aromatic nitrogens is 2. The molecule has 1 amide bonds. The Kier molecular flexibility index (Phi) is 5.25. The minimum absolute atomic E-state index is 0.0861. The average Bonchev–Trinajstić information content (AvgIpc) is 2.63. The van der Waals surface area contributed by atoms with Crippen LogP contribution in [0.3, 0.4) is 0 Å². The largest absolute Gasteiger partial charge is 0.477 e. The highest BCUT2D eigenvalue weighted by atomic mass is 16.5. The number of hydrogen-bond donors (Lipinski definition) is 1. The highest BCUT2D eigenvalue weighted by molar-refractivity contribution is 5.96. The zero-order valence-electron chi connectivity index (χ0n) is 13.8. The molecule has 0 bridgehead atoms. The van der Waals surface area contributed by atoms with Crippen molar-refractivity contribution < 1.29 is 9.53 Å². The summed E-state index contributed by atoms with van der Waals surface area (Å²) in [5.41, 5.74) is 0.481. The normalized spacial score (nSPS) is 17.4. The number of pyridine rings is 2. The second-order valence-electron chi connectivity index (χ2n) is 5.74. The van der Waals surface area contributed by atoms with E-state index in [1.165, 1.54) is 0 Å². The maximum Gasteiger partial charge on any atom is 0.257 e. The lowest BCUT2D eigenvalue weighted by Crippen LogP contribution is -2.48. The van der Waals surface area contributed by atoms with Gasteiger partial charge in [-0.25, -0.2) is 9.97 Å². The van der Waals surface area contributed by atoms with Crippen molar-refractivity contribution in [2.45, 2.75) is 25.8 Å². The van der Waals surface area contributed by atoms with E-state index in [0.29, 0.717) is 18.1 Å². The van der Waals surface area contributed by atoms with Crippen molar-refractivity contribution in [3.63, 3.8) is 0 Å². The number of piperidine rings is 1. The Labute approximate surface area is 141 Å². The standard InChI is InChI=1S/C18H22N4O2/c1-2-24-18-15(8-5-11-20-18)17(23)21-14-7-6-12-22(13-14)16-9-3-4-10-19-16/h3-5,8-11,14H,2,6-7,12-13H2,1H3,(H,21,23). The van der Waals surface area contributed by atoms with Gasteiger partial charge < -0.3 is 15.0 Å². The topological polar surface area (TPSA) is 67.3 Å². The first-order valence-corrected chi connectivity index (χ1v) is 8.32. The van der Waals surface area contributed by atoms with E-state index in [4.69, 9.17) is 4.74 Å². The number of carbonyl (C=O) groups is 1. The van der Waals surface area contributed by atoms with E-state index in [2.05, 4.69) is 20.2 Å². The Hall–Kier alpha value is -2.63. The summed E-state index contributed by atoms with van der Waals surface area (Å²) in [6.45, 7) is 4.07. The monoisotopic (exact) mass is 326 g/mol. The third-order valence-corrected chi connectivity index (χ3v) is 4.03. The summed E-state index contributed by atoms with van der Waals surface area (Å²) in [6.07, 6.45) is 5.40. The van der Waals surface area contributed by atoms with E-state index in [1.807, 2.05) is 25.1 Å². The number of hydrogen-bond acceptors (Lipinski definition) is 5. The van der Waals surface area contributed by atoms with Gasteiger partial charge in [-0.05, 0) is 44.0 Å². The number of carbonyl (C=O) groups excluding carboxylic acids is 1. The first kappa shape index (κ1) is 16.2. The maximum atomic E-state index is 12.6. The Morgan fingerprint density at radius 3 is 2.96 bits per heavy atom. The van der Waals surface area contributed by atoms with Gasteiger partial charge in [0, 0.05) is 31.5 Å². The van der Waals surface area contributed by atoms with Crippen LogP contribution < -0.4 is 15.0 Å². The van der Waals surface area contributed by atoms with Crippen LogP contribution in [-0.2, 0) is 0 Å². The van der Waals surface area contributed by atoms with Crippen LogP contribution in [0.15, 0.2) is 42.7 Å². The molecule has 1 saturated heterocycles. The van der Waals surface area contributed by atoms with Crippen molar-refractivity contribution in [1.29, 1.82) is 0 Å². The molecule has 1 aliphatic heterocycles. The molecule has 6 heteroatoms. The van der Waals surface area contributed by atoms with Crippen LogP contribution in [0.25, 0.3) is 0 Å². The van der Waals surface area contributed by atoms with Gasteiger partial charge >= 0.3 is 0 Å². The minimum Gasteiger partial charge on any atom is -0.477 e. The lowest BCUT2D eigenvalue weighted by Gasteiger charge is -2.34. The predicted octanol–water partition coefficient (Wildman–Crippen LogP) is 2.27. The van der Waals surface area contributed by atoms with Crippen LogP contribution in [0.5, 0.6) is 5.88 Å². The van der Waals surface area contributed by atoms with Gasteiger partial charge in [-0.3, -0.25) is 4.79 Å². The smallest absolute Gasteiger partial charge is 0.257 e. The fourth-order valence-corrected chi connectivity index (χ4v) is 2.92.